The molecule has 0 spiro atoms. The van der Waals surface area contributed by atoms with Gasteiger partial charge in [-0.15, -0.1) is 0 Å². The second-order valence-electron chi connectivity index (χ2n) is 3.89. The van der Waals surface area contributed by atoms with Gasteiger partial charge in [0.25, 0.3) is 0 Å². The monoisotopic (exact) mass is 241 g/mol. The SMILES string of the molecule is COc1c(Cl)ccc(C2CCNC2)c1OC. The van der Waals surface area contributed by atoms with Crippen LogP contribution >= 0.6 is 11.6 Å². The van der Waals surface area contributed by atoms with Gasteiger partial charge >= 0.3 is 0 Å². The zero-order valence-corrected chi connectivity index (χ0v) is 10.3. The lowest BCUT2D eigenvalue weighted by molar-refractivity contribution is 0.350. The number of rotatable bonds is 3. The summed E-state index contributed by atoms with van der Waals surface area (Å²) in [5.41, 5.74) is 1.17. The van der Waals surface area contributed by atoms with Gasteiger partial charge in [0.1, 0.15) is 0 Å². The van der Waals surface area contributed by atoms with E-state index >= 15 is 0 Å². The number of ether oxygens (including phenoxy) is 2. The summed E-state index contributed by atoms with van der Waals surface area (Å²) in [6, 6.07) is 3.90. The molecule has 3 nitrogen and oxygen atoms in total. The van der Waals surface area contributed by atoms with Crippen molar-refractivity contribution < 1.29 is 9.47 Å². The molecule has 1 aliphatic rings. The van der Waals surface area contributed by atoms with Crippen LogP contribution in [-0.2, 0) is 0 Å². The van der Waals surface area contributed by atoms with E-state index in [0.717, 1.165) is 25.3 Å². The summed E-state index contributed by atoms with van der Waals surface area (Å²) >= 11 is 6.07. The van der Waals surface area contributed by atoms with Crippen molar-refractivity contribution in [2.24, 2.45) is 0 Å². The van der Waals surface area contributed by atoms with E-state index in [4.69, 9.17) is 21.1 Å². The first-order chi connectivity index (χ1) is 7.77. The average Bonchev–Trinajstić information content (AvgIpc) is 2.81. The van der Waals surface area contributed by atoms with Gasteiger partial charge in [-0.1, -0.05) is 17.7 Å². The maximum atomic E-state index is 6.07. The van der Waals surface area contributed by atoms with Crippen LogP contribution in [0.5, 0.6) is 11.5 Å². The number of benzene rings is 1. The fraction of sp³-hybridized carbons (Fsp3) is 0.500. The first kappa shape index (κ1) is 11.6. The maximum absolute atomic E-state index is 6.07. The fourth-order valence-corrected chi connectivity index (χ4v) is 2.42. The minimum Gasteiger partial charge on any atom is -0.493 e. The molecule has 4 heteroatoms. The zero-order chi connectivity index (χ0) is 11.5. The molecule has 1 saturated heterocycles. The molecule has 0 aromatic heterocycles. The molecule has 1 heterocycles. The molecule has 1 fully saturated rings. The second-order valence-corrected chi connectivity index (χ2v) is 4.30. The lowest BCUT2D eigenvalue weighted by Gasteiger charge is -2.17. The predicted octanol–water partition coefficient (Wildman–Crippen LogP) is 2.43. The third kappa shape index (κ3) is 1.97. The molecule has 1 N–H and O–H groups in total. The van der Waals surface area contributed by atoms with Crippen molar-refractivity contribution in [2.75, 3.05) is 27.3 Å². The van der Waals surface area contributed by atoms with Crippen LogP contribution in [0.15, 0.2) is 12.1 Å². The summed E-state index contributed by atoms with van der Waals surface area (Å²) in [7, 11) is 3.26. The Morgan fingerprint density at radius 2 is 2.00 bits per heavy atom. The van der Waals surface area contributed by atoms with Gasteiger partial charge in [0.2, 0.25) is 0 Å². The quantitative estimate of drug-likeness (QED) is 0.882. The summed E-state index contributed by atoms with van der Waals surface area (Å²) in [4.78, 5) is 0. The Morgan fingerprint density at radius 3 is 2.56 bits per heavy atom. The molecule has 0 amide bonds. The fourth-order valence-electron chi connectivity index (χ4n) is 2.20. The Morgan fingerprint density at radius 1 is 1.25 bits per heavy atom. The lowest BCUT2D eigenvalue weighted by atomic mass is 9.97. The number of halogens is 1. The van der Waals surface area contributed by atoms with Gasteiger partial charge in [-0.05, 0) is 19.0 Å². The Hall–Kier alpha value is -0.930. The van der Waals surface area contributed by atoms with Crippen LogP contribution in [0, 0.1) is 0 Å². The summed E-state index contributed by atoms with van der Waals surface area (Å²) in [6.45, 7) is 2.04. The Kier molecular flexibility index (Phi) is 3.56. The minimum absolute atomic E-state index is 0.487. The lowest BCUT2D eigenvalue weighted by Crippen LogP contribution is -2.09. The molecule has 1 unspecified atom stereocenters. The highest BCUT2D eigenvalue weighted by Gasteiger charge is 2.23. The van der Waals surface area contributed by atoms with E-state index in [9.17, 15) is 0 Å². The predicted molar refractivity (Wildman–Crippen MR) is 64.8 cm³/mol. The van der Waals surface area contributed by atoms with Crippen molar-refractivity contribution in [3.05, 3.63) is 22.7 Å². The molecule has 0 saturated carbocycles. The highest BCUT2D eigenvalue weighted by molar-refractivity contribution is 6.32. The molecule has 0 bridgehead atoms. The van der Waals surface area contributed by atoms with Gasteiger partial charge in [0.15, 0.2) is 11.5 Å². The zero-order valence-electron chi connectivity index (χ0n) is 9.55. The molecular formula is C12H16ClNO2. The third-order valence-corrected chi connectivity index (χ3v) is 3.30. The first-order valence-corrected chi connectivity index (χ1v) is 5.76. The highest BCUT2D eigenvalue weighted by atomic mass is 35.5. The van der Waals surface area contributed by atoms with E-state index in [1.165, 1.54) is 5.56 Å². The Labute approximate surface area is 101 Å². The molecule has 1 aliphatic heterocycles. The van der Waals surface area contributed by atoms with Crippen LogP contribution < -0.4 is 14.8 Å². The number of hydrogen-bond acceptors (Lipinski definition) is 3. The average molecular weight is 242 g/mol. The second kappa shape index (κ2) is 4.93. The summed E-state index contributed by atoms with van der Waals surface area (Å²) < 4.78 is 10.7. The van der Waals surface area contributed by atoms with Crippen LogP contribution in [0.4, 0.5) is 0 Å². The highest BCUT2D eigenvalue weighted by Crippen LogP contribution is 2.42. The summed E-state index contributed by atoms with van der Waals surface area (Å²) in [5, 5.41) is 3.94. The van der Waals surface area contributed by atoms with Crippen molar-refractivity contribution in [1.82, 2.24) is 5.32 Å². The maximum Gasteiger partial charge on any atom is 0.179 e. The van der Waals surface area contributed by atoms with E-state index in [-0.39, 0.29) is 0 Å². The molecular weight excluding hydrogens is 226 g/mol. The van der Waals surface area contributed by atoms with Gasteiger partial charge in [-0.25, -0.2) is 0 Å². The molecule has 1 aromatic carbocycles. The molecule has 0 aliphatic carbocycles. The molecule has 0 radical (unpaired) electrons. The van der Waals surface area contributed by atoms with Crippen molar-refractivity contribution in [3.63, 3.8) is 0 Å². The number of nitrogens with one attached hydrogen (secondary N) is 1. The van der Waals surface area contributed by atoms with Crippen molar-refractivity contribution in [3.8, 4) is 11.5 Å². The van der Waals surface area contributed by atoms with E-state index in [1.54, 1.807) is 14.2 Å². The number of methoxy groups -OCH3 is 2. The van der Waals surface area contributed by atoms with Crippen molar-refractivity contribution in [2.45, 2.75) is 12.3 Å². The van der Waals surface area contributed by atoms with Gasteiger partial charge in [-0.3, -0.25) is 0 Å². The molecule has 16 heavy (non-hydrogen) atoms. The van der Waals surface area contributed by atoms with Crippen molar-refractivity contribution in [1.29, 1.82) is 0 Å². The molecule has 2 rings (SSSR count). The van der Waals surface area contributed by atoms with Gasteiger partial charge in [0, 0.05) is 18.0 Å². The Bertz CT molecular complexity index is 376. The summed E-state index contributed by atoms with van der Waals surface area (Å²) in [5.74, 6) is 1.89. The number of hydrogen-bond donors (Lipinski definition) is 1. The summed E-state index contributed by atoms with van der Waals surface area (Å²) in [6.07, 6.45) is 1.13. The van der Waals surface area contributed by atoms with Gasteiger partial charge in [-0.2, -0.15) is 0 Å². The van der Waals surface area contributed by atoms with E-state index in [1.807, 2.05) is 12.1 Å². The van der Waals surface area contributed by atoms with Crippen LogP contribution in [-0.4, -0.2) is 27.3 Å². The van der Waals surface area contributed by atoms with E-state index < -0.39 is 0 Å². The normalized spacial score (nSPS) is 19.8. The first-order valence-electron chi connectivity index (χ1n) is 5.39. The minimum atomic E-state index is 0.487. The van der Waals surface area contributed by atoms with Crippen LogP contribution in [0.1, 0.15) is 17.9 Å². The van der Waals surface area contributed by atoms with Crippen LogP contribution in [0.25, 0.3) is 0 Å². The molecule has 88 valence electrons. The van der Waals surface area contributed by atoms with Crippen LogP contribution in [0.2, 0.25) is 5.02 Å². The molecule has 1 atom stereocenters. The van der Waals surface area contributed by atoms with Crippen molar-refractivity contribution >= 4 is 11.6 Å². The van der Waals surface area contributed by atoms with E-state index in [2.05, 4.69) is 5.32 Å². The van der Waals surface area contributed by atoms with Crippen LogP contribution in [0.3, 0.4) is 0 Å². The van der Waals surface area contributed by atoms with Gasteiger partial charge in [0.05, 0.1) is 19.2 Å². The standard InChI is InChI=1S/C12H16ClNO2/c1-15-11-9(8-5-6-14-7-8)3-4-10(13)12(11)16-2/h3-4,8,14H,5-7H2,1-2H3. The Balaban J connectivity index is 2.43. The smallest absolute Gasteiger partial charge is 0.179 e. The largest absolute Gasteiger partial charge is 0.493 e. The molecule has 1 aromatic rings. The topological polar surface area (TPSA) is 30.5 Å². The van der Waals surface area contributed by atoms with E-state index in [0.29, 0.717) is 16.7 Å². The van der Waals surface area contributed by atoms with Gasteiger partial charge < -0.3 is 14.8 Å². The third-order valence-electron chi connectivity index (χ3n) is 3.00.